The van der Waals surface area contributed by atoms with Gasteiger partial charge in [0.1, 0.15) is 0 Å². The molecule has 0 aliphatic heterocycles. The molecule has 0 saturated carbocycles. The number of para-hydroxylation sites is 1. The van der Waals surface area contributed by atoms with E-state index >= 15 is 0 Å². The first-order valence-corrected chi connectivity index (χ1v) is 5.93. The topological polar surface area (TPSA) is 64.5 Å². The highest BCUT2D eigenvalue weighted by Gasteiger charge is 2.08. The molecule has 4 heteroatoms. The van der Waals surface area contributed by atoms with Crippen LogP contribution in [0.5, 0.6) is 0 Å². The van der Waals surface area contributed by atoms with E-state index in [1.807, 2.05) is 25.1 Å². The minimum absolute atomic E-state index is 0.230. The van der Waals surface area contributed by atoms with Gasteiger partial charge in [0.05, 0.1) is 24.1 Å². The number of hydrogen-bond donors (Lipinski definition) is 4. The highest BCUT2D eigenvalue weighted by molar-refractivity contribution is 5.72. The van der Waals surface area contributed by atoms with Crippen molar-refractivity contribution in [1.82, 2.24) is 0 Å². The number of benzene rings is 1. The molecule has 17 heavy (non-hydrogen) atoms. The summed E-state index contributed by atoms with van der Waals surface area (Å²) >= 11 is 0. The first-order chi connectivity index (χ1) is 8.04. The fourth-order valence-corrected chi connectivity index (χ4v) is 1.59. The Morgan fingerprint density at radius 3 is 2.59 bits per heavy atom. The van der Waals surface area contributed by atoms with Gasteiger partial charge < -0.3 is 20.8 Å². The van der Waals surface area contributed by atoms with Crippen LogP contribution < -0.4 is 10.6 Å². The standard InChI is InChI=1S/C13H22N2O2/c1-9(2)15-13-10(3)5-4-6-12(13)14-7-11(17)8-16/h4-6,9,11,14-17H,7-8H2,1-3H3. The Labute approximate surface area is 103 Å². The van der Waals surface area contributed by atoms with Crippen LogP contribution in [0.3, 0.4) is 0 Å². The minimum Gasteiger partial charge on any atom is -0.394 e. The monoisotopic (exact) mass is 238 g/mol. The van der Waals surface area contributed by atoms with Gasteiger partial charge in [0.15, 0.2) is 0 Å². The summed E-state index contributed by atoms with van der Waals surface area (Å²) in [6.07, 6.45) is -0.734. The zero-order valence-electron chi connectivity index (χ0n) is 10.7. The molecule has 0 aromatic heterocycles. The molecule has 0 radical (unpaired) electrons. The molecule has 1 rings (SSSR count). The lowest BCUT2D eigenvalue weighted by molar-refractivity contribution is 0.105. The zero-order valence-corrected chi connectivity index (χ0v) is 10.7. The maximum atomic E-state index is 9.33. The average molecular weight is 238 g/mol. The molecule has 96 valence electrons. The zero-order chi connectivity index (χ0) is 12.8. The van der Waals surface area contributed by atoms with Gasteiger partial charge in [-0.1, -0.05) is 12.1 Å². The van der Waals surface area contributed by atoms with Crippen molar-refractivity contribution < 1.29 is 10.2 Å². The van der Waals surface area contributed by atoms with E-state index in [1.54, 1.807) is 0 Å². The van der Waals surface area contributed by atoms with Crippen molar-refractivity contribution in [2.24, 2.45) is 0 Å². The predicted molar refractivity (Wildman–Crippen MR) is 71.5 cm³/mol. The van der Waals surface area contributed by atoms with E-state index in [0.29, 0.717) is 12.6 Å². The highest BCUT2D eigenvalue weighted by Crippen LogP contribution is 2.26. The number of rotatable bonds is 6. The van der Waals surface area contributed by atoms with Crippen LogP contribution in [-0.4, -0.2) is 35.5 Å². The van der Waals surface area contributed by atoms with Crippen molar-refractivity contribution in [2.45, 2.75) is 32.9 Å². The van der Waals surface area contributed by atoms with Crippen molar-refractivity contribution in [3.05, 3.63) is 23.8 Å². The summed E-state index contributed by atoms with van der Waals surface area (Å²) in [5.41, 5.74) is 3.15. The highest BCUT2D eigenvalue weighted by atomic mass is 16.3. The van der Waals surface area contributed by atoms with Crippen LogP contribution in [0.15, 0.2) is 18.2 Å². The molecule has 1 atom stereocenters. The van der Waals surface area contributed by atoms with Crippen molar-refractivity contribution in [3.63, 3.8) is 0 Å². The van der Waals surface area contributed by atoms with Crippen LogP contribution in [-0.2, 0) is 0 Å². The molecule has 4 N–H and O–H groups in total. The van der Waals surface area contributed by atoms with E-state index in [1.165, 1.54) is 0 Å². The molecule has 1 aromatic carbocycles. The van der Waals surface area contributed by atoms with Gasteiger partial charge in [0.2, 0.25) is 0 Å². The molecule has 0 saturated heterocycles. The first kappa shape index (κ1) is 13.8. The van der Waals surface area contributed by atoms with Gasteiger partial charge in [-0.15, -0.1) is 0 Å². The maximum Gasteiger partial charge on any atom is 0.0942 e. The van der Waals surface area contributed by atoms with Crippen LogP contribution in [0.4, 0.5) is 11.4 Å². The van der Waals surface area contributed by atoms with E-state index in [-0.39, 0.29) is 6.61 Å². The lowest BCUT2D eigenvalue weighted by Crippen LogP contribution is -2.24. The molecule has 0 spiro atoms. The molecule has 0 fully saturated rings. The number of hydrogen-bond acceptors (Lipinski definition) is 4. The summed E-state index contributed by atoms with van der Waals surface area (Å²) in [4.78, 5) is 0. The second-order valence-corrected chi connectivity index (χ2v) is 4.51. The van der Waals surface area contributed by atoms with E-state index < -0.39 is 6.10 Å². The molecule has 0 aliphatic carbocycles. The number of aliphatic hydroxyl groups excluding tert-OH is 2. The molecule has 0 amide bonds. The van der Waals surface area contributed by atoms with E-state index in [9.17, 15) is 5.11 Å². The summed E-state index contributed by atoms with van der Waals surface area (Å²) in [6, 6.07) is 6.31. The van der Waals surface area contributed by atoms with Gasteiger partial charge in [-0.3, -0.25) is 0 Å². The Hall–Kier alpha value is -1.26. The SMILES string of the molecule is Cc1cccc(NCC(O)CO)c1NC(C)C. The van der Waals surface area contributed by atoms with Gasteiger partial charge in [-0.25, -0.2) is 0 Å². The molecule has 1 unspecified atom stereocenters. The van der Waals surface area contributed by atoms with Gasteiger partial charge in [-0.05, 0) is 32.4 Å². The molecule has 0 aliphatic rings. The van der Waals surface area contributed by atoms with Crippen molar-refractivity contribution >= 4 is 11.4 Å². The van der Waals surface area contributed by atoms with Crippen molar-refractivity contribution in [3.8, 4) is 0 Å². The summed E-state index contributed by atoms with van der Waals surface area (Å²) < 4.78 is 0. The number of aliphatic hydroxyl groups is 2. The van der Waals surface area contributed by atoms with E-state index in [4.69, 9.17) is 5.11 Å². The Morgan fingerprint density at radius 1 is 1.29 bits per heavy atom. The second-order valence-electron chi connectivity index (χ2n) is 4.51. The minimum atomic E-state index is -0.734. The van der Waals surface area contributed by atoms with E-state index in [2.05, 4.69) is 24.5 Å². The fraction of sp³-hybridized carbons (Fsp3) is 0.538. The molecular formula is C13H22N2O2. The second kappa shape index (κ2) is 6.47. The van der Waals surface area contributed by atoms with Crippen molar-refractivity contribution in [1.29, 1.82) is 0 Å². The largest absolute Gasteiger partial charge is 0.394 e. The third-order valence-corrected chi connectivity index (χ3v) is 2.44. The van der Waals surface area contributed by atoms with Gasteiger partial charge in [-0.2, -0.15) is 0 Å². The summed E-state index contributed by atoms with van der Waals surface area (Å²) in [5.74, 6) is 0. The number of nitrogens with one attached hydrogen (secondary N) is 2. The fourth-order valence-electron chi connectivity index (χ4n) is 1.59. The lowest BCUT2D eigenvalue weighted by Gasteiger charge is -2.19. The van der Waals surface area contributed by atoms with Crippen LogP contribution in [0.1, 0.15) is 19.4 Å². The van der Waals surface area contributed by atoms with Crippen LogP contribution in [0, 0.1) is 6.92 Å². The number of anilines is 2. The third kappa shape index (κ3) is 4.24. The first-order valence-electron chi connectivity index (χ1n) is 5.93. The quantitative estimate of drug-likeness (QED) is 0.607. The Bertz CT molecular complexity index is 353. The lowest BCUT2D eigenvalue weighted by atomic mass is 10.1. The van der Waals surface area contributed by atoms with Crippen LogP contribution in [0.2, 0.25) is 0 Å². The third-order valence-electron chi connectivity index (χ3n) is 2.44. The molecular weight excluding hydrogens is 216 g/mol. The summed E-state index contributed by atoms with van der Waals surface area (Å²) in [7, 11) is 0. The summed E-state index contributed by atoms with van der Waals surface area (Å²) in [5, 5.41) is 24.6. The maximum absolute atomic E-state index is 9.33. The van der Waals surface area contributed by atoms with Gasteiger partial charge in [0, 0.05) is 12.6 Å². The van der Waals surface area contributed by atoms with E-state index in [0.717, 1.165) is 16.9 Å². The van der Waals surface area contributed by atoms with Gasteiger partial charge in [0.25, 0.3) is 0 Å². The Balaban J connectivity index is 2.79. The normalized spacial score (nSPS) is 12.6. The van der Waals surface area contributed by atoms with Crippen LogP contribution in [0.25, 0.3) is 0 Å². The Kier molecular flexibility index (Phi) is 5.25. The van der Waals surface area contributed by atoms with Crippen LogP contribution >= 0.6 is 0 Å². The summed E-state index contributed by atoms with van der Waals surface area (Å²) in [6.45, 7) is 6.31. The van der Waals surface area contributed by atoms with Crippen molar-refractivity contribution in [2.75, 3.05) is 23.8 Å². The molecule has 1 aromatic rings. The molecule has 4 nitrogen and oxygen atoms in total. The Morgan fingerprint density at radius 2 is 2.00 bits per heavy atom. The van der Waals surface area contributed by atoms with Gasteiger partial charge >= 0.3 is 0 Å². The smallest absolute Gasteiger partial charge is 0.0942 e. The number of aryl methyl sites for hydroxylation is 1. The molecule has 0 bridgehead atoms. The average Bonchev–Trinajstić information content (AvgIpc) is 2.29. The predicted octanol–water partition coefficient (Wildman–Crippen LogP) is 1.58. The molecule has 0 heterocycles.